The maximum absolute atomic E-state index is 6.21. The number of piperazine rings is 1. The molecule has 4 saturated carbocycles. The average molecular weight is 263 g/mol. The summed E-state index contributed by atoms with van der Waals surface area (Å²) in [6.45, 7) is 6.03. The molecule has 0 radical (unpaired) electrons. The van der Waals surface area contributed by atoms with E-state index in [0.29, 0.717) is 11.0 Å². The zero-order chi connectivity index (χ0) is 13.1. The van der Waals surface area contributed by atoms with Crippen LogP contribution in [0.15, 0.2) is 0 Å². The standard InChI is InChI=1S/C16H29N3/c1-18-2-4-19(5-3-18)16-9-13-6-14(10-16)8-15(7-13,11-16)12-17/h13-14H,2-12,17H2,1H3. The van der Waals surface area contributed by atoms with Crippen molar-refractivity contribution in [3.8, 4) is 0 Å². The van der Waals surface area contributed by atoms with E-state index in [1.807, 2.05) is 0 Å². The molecule has 0 aromatic carbocycles. The van der Waals surface area contributed by atoms with Gasteiger partial charge in [0.05, 0.1) is 0 Å². The predicted molar refractivity (Wildman–Crippen MR) is 78.0 cm³/mol. The maximum Gasteiger partial charge on any atom is 0.0221 e. The molecule has 0 amide bonds. The van der Waals surface area contributed by atoms with Crippen LogP contribution in [0, 0.1) is 17.3 Å². The Bertz CT molecular complexity index is 345. The van der Waals surface area contributed by atoms with Crippen LogP contribution in [0.4, 0.5) is 0 Å². The number of nitrogens with zero attached hydrogens (tertiary/aromatic N) is 2. The van der Waals surface area contributed by atoms with Crippen molar-refractivity contribution in [3.63, 3.8) is 0 Å². The zero-order valence-electron chi connectivity index (χ0n) is 12.4. The van der Waals surface area contributed by atoms with Crippen molar-refractivity contribution in [3.05, 3.63) is 0 Å². The van der Waals surface area contributed by atoms with Gasteiger partial charge in [0.1, 0.15) is 0 Å². The molecule has 3 heteroatoms. The fourth-order valence-electron chi connectivity index (χ4n) is 6.29. The van der Waals surface area contributed by atoms with Crippen LogP contribution in [0.2, 0.25) is 0 Å². The van der Waals surface area contributed by atoms with Crippen LogP contribution in [0.1, 0.15) is 38.5 Å². The molecule has 108 valence electrons. The highest BCUT2D eigenvalue weighted by molar-refractivity contribution is 5.13. The van der Waals surface area contributed by atoms with Crippen molar-refractivity contribution in [1.29, 1.82) is 0 Å². The Morgan fingerprint density at radius 3 is 2.21 bits per heavy atom. The minimum atomic E-state index is 0.521. The molecule has 5 fully saturated rings. The van der Waals surface area contributed by atoms with E-state index >= 15 is 0 Å². The number of hydrogen-bond acceptors (Lipinski definition) is 3. The molecule has 1 heterocycles. The van der Waals surface area contributed by atoms with Crippen LogP contribution in [0.3, 0.4) is 0 Å². The Hall–Kier alpha value is -0.120. The Morgan fingerprint density at radius 2 is 1.63 bits per heavy atom. The van der Waals surface area contributed by atoms with Gasteiger partial charge in [-0.2, -0.15) is 0 Å². The van der Waals surface area contributed by atoms with Gasteiger partial charge in [-0.25, -0.2) is 0 Å². The van der Waals surface area contributed by atoms with E-state index in [1.54, 1.807) is 0 Å². The summed E-state index contributed by atoms with van der Waals surface area (Å²) < 4.78 is 0. The highest BCUT2D eigenvalue weighted by Gasteiger charge is 2.58. The molecular formula is C16H29N3. The van der Waals surface area contributed by atoms with Gasteiger partial charge in [-0.05, 0) is 69.4 Å². The molecular weight excluding hydrogens is 234 g/mol. The van der Waals surface area contributed by atoms with Crippen molar-refractivity contribution in [2.75, 3.05) is 39.8 Å². The second kappa shape index (κ2) is 4.19. The SMILES string of the molecule is CN1CCN(C23CC4CC(CC(CN)(C4)C2)C3)CC1. The molecule has 4 aliphatic carbocycles. The first-order valence-electron chi connectivity index (χ1n) is 8.27. The lowest BCUT2D eigenvalue weighted by atomic mass is 9.46. The Morgan fingerprint density at radius 1 is 1.00 bits per heavy atom. The lowest BCUT2D eigenvalue weighted by Gasteiger charge is -2.65. The quantitative estimate of drug-likeness (QED) is 0.820. The van der Waals surface area contributed by atoms with Gasteiger partial charge in [-0.3, -0.25) is 4.90 Å². The second-order valence-corrected chi connectivity index (χ2v) is 8.18. The molecule has 3 nitrogen and oxygen atoms in total. The summed E-state index contributed by atoms with van der Waals surface area (Å²) in [4.78, 5) is 5.35. The zero-order valence-corrected chi connectivity index (χ0v) is 12.4. The summed E-state index contributed by atoms with van der Waals surface area (Å²) >= 11 is 0. The summed E-state index contributed by atoms with van der Waals surface area (Å²) in [6, 6.07) is 0. The highest BCUT2D eigenvalue weighted by atomic mass is 15.3. The average Bonchev–Trinajstić information content (AvgIpc) is 2.38. The van der Waals surface area contributed by atoms with Crippen molar-refractivity contribution >= 4 is 0 Å². The minimum absolute atomic E-state index is 0.521. The third-order valence-electron chi connectivity index (χ3n) is 6.76. The molecule has 5 rings (SSSR count). The van der Waals surface area contributed by atoms with Gasteiger partial charge in [-0.1, -0.05) is 0 Å². The van der Waals surface area contributed by atoms with Crippen molar-refractivity contribution in [2.45, 2.75) is 44.1 Å². The molecule has 1 aliphatic heterocycles. The smallest absolute Gasteiger partial charge is 0.0221 e. The van der Waals surface area contributed by atoms with E-state index in [2.05, 4.69) is 16.8 Å². The van der Waals surface area contributed by atoms with Gasteiger partial charge in [0.15, 0.2) is 0 Å². The first-order chi connectivity index (χ1) is 9.13. The fourth-order valence-corrected chi connectivity index (χ4v) is 6.29. The van der Waals surface area contributed by atoms with E-state index in [0.717, 1.165) is 18.4 Å². The minimum Gasteiger partial charge on any atom is -0.330 e. The monoisotopic (exact) mass is 263 g/mol. The molecule has 0 aromatic rings. The Kier molecular flexibility index (Phi) is 2.78. The first-order valence-corrected chi connectivity index (χ1v) is 8.27. The third kappa shape index (κ3) is 1.89. The summed E-state index contributed by atoms with van der Waals surface area (Å²) in [7, 11) is 2.26. The predicted octanol–water partition coefficient (Wildman–Crippen LogP) is 1.53. The van der Waals surface area contributed by atoms with E-state index in [-0.39, 0.29) is 0 Å². The van der Waals surface area contributed by atoms with Crippen LogP contribution in [0.25, 0.3) is 0 Å². The van der Waals surface area contributed by atoms with Gasteiger partial charge in [0.25, 0.3) is 0 Å². The maximum atomic E-state index is 6.21. The Balaban J connectivity index is 1.60. The molecule has 2 N–H and O–H groups in total. The van der Waals surface area contributed by atoms with E-state index in [4.69, 9.17) is 5.73 Å². The van der Waals surface area contributed by atoms with Gasteiger partial charge in [0.2, 0.25) is 0 Å². The van der Waals surface area contributed by atoms with Crippen LogP contribution in [-0.2, 0) is 0 Å². The molecule has 4 bridgehead atoms. The molecule has 1 saturated heterocycles. The van der Waals surface area contributed by atoms with Crippen molar-refractivity contribution < 1.29 is 0 Å². The fraction of sp³-hybridized carbons (Fsp3) is 1.00. The van der Waals surface area contributed by atoms with E-state index in [9.17, 15) is 0 Å². The number of hydrogen-bond donors (Lipinski definition) is 1. The van der Waals surface area contributed by atoms with Gasteiger partial charge >= 0.3 is 0 Å². The molecule has 0 aromatic heterocycles. The van der Waals surface area contributed by atoms with E-state index in [1.165, 1.54) is 64.7 Å². The number of nitrogens with two attached hydrogens (primary N) is 1. The highest BCUT2D eigenvalue weighted by Crippen LogP contribution is 2.62. The van der Waals surface area contributed by atoms with Gasteiger partial charge < -0.3 is 10.6 Å². The molecule has 0 spiro atoms. The largest absolute Gasteiger partial charge is 0.330 e. The summed E-state index contributed by atoms with van der Waals surface area (Å²) in [5, 5.41) is 0. The molecule has 19 heavy (non-hydrogen) atoms. The second-order valence-electron chi connectivity index (χ2n) is 8.18. The summed E-state index contributed by atoms with van der Waals surface area (Å²) in [5.41, 5.74) is 7.28. The lowest BCUT2D eigenvalue weighted by molar-refractivity contribution is -0.136. The van der Waals surface area contributed by atoms with Crippen molar-refractivity contribution in [1.82, 2.24) is 9.80 Å². The van der Waals surface area contributed by atoms with E-state index < -0.39 is 0 Å². The normalized spacial score (nSPS) is 50.8. The van der Waals surface area contributed by atoms with Crippen molar-refractivity contribution in [2.24, 2.45) is 23.0 Å². The summed E-state index contributed by atoms with van der Waals surface area (Å²) in [6.07, 6.45) is 8.76. The molecule has 5 aliphatic rings. The topological polar surface area (TPSA) is 32.5 Å². The molecule has 2 unspecified atom stereocenters. The first kappa shape index (κ1) is 12.6. The lowest BCUT2D eigenvalue weighted by Crippen LogP contribution is -2.66. The van der Waals surface area contributed by atoms with Crippen LogP contribution < -0.4 is 5.73 Å². The summed E-state index contributed by atoms with van der Waals surface area (Å²) in [5.74, 6) is 1.98. The van der Waals surface area contributed by atoms with Crippen LogP contribution >= 0.6 is 0 Å². The van der Waals surface area contributed by atoms with Gasteiger partial charge in [0, 0.05) is 31.7 Å². The molecule has 2 atom stereocenters. The van der Waals surface area contributed by atoms with Gasteiger partial charge in [-0.15, -0.1) is 0 Å². The third-order valence-corrected chi connectivity index (χ3v) is 6.76. The number of rotatable bonds is 2. The Labute approximate surface area is 117 Å². The van der Waals surface area contributed by atoms with Crippen LogP contribution in [-0.4, -0.2) is 55.1 Å². The number of likely N-dealkylation sites (N-methyl/N-ethyl adjacent to an activating group) is 1. The van der Waals surface area contributed by atoms with Crippen LogP contribution in [0.5, 0.6) is 0 Å².